The van der Waals surface area contributed by atoms with Gasteiger partial charge in [0.05, 0.1) is 12.0 Å². The van der Waals surface area contributed by atoms with E-state index in [4.69, 9.17) is 4.74 Å². The Kier molecular flexibility index (Phi) is 4.52. The number of halogens is 1. The van der Waals surface area contributed by atoms with Gasteiger partial charge in [0.15, 0.2) is 0 Å². The Balaban J connectivity index is 2.87. The Morgan fingerprint density at radius 3 is 2.37 bits per heavy atom. The predicted octanol–water partition coefficient (Wildman–Crippen LogP) is 2.54. The minimum Gasteiger partial charge on any atom is -0.508 e. The summed E-state index contributed by atoms with van der Waals surface area (Å²) >= 11 is 0. The zero-order valence-electron chi connectivity index (χ0n) is 11.5. The van der Waals surface area contributed by atoms with Crippen LogP contribution in [0.4, 0.5) is 4.39 Å². The molecule has 0 aromatic heterocycles. The van der Waals surface area contributed by atoms with Gasteiger partial charge >= 0.3 is 5.97 Å². The van der Waals surface area contributed by atoms with Crippen molar-refractivity contribution in [2.45, 2.75) is 39.4 Å². The molecular weight excluding hydrogens is 251 g/mol. The summed E-state index contributed by atoms with van der Waals surface area (Å²) in [6, 6.07) is 3.22. The highest BCUT2D eigenvalue weighted by Gasteiger charge is 2.28. The molecule has 1 aromatic rings. The van der Waals surface area contributed by atoms with E-state index in [1.807, 2.05) is 0 Å². The number of carbonyl (C=O) groups excluding carboxylic acids is 1. The number of aliphatic hydroxyl groups is 1. The third-order valence-electron chi connectivity index (χ3n) is 2.50. The van der Waals surface area contributed by atoms with Gasteiger partial charge in [-0.2, -0.15) is 0 Å². The Labute approximate surface area is 111 Å². The third kappa shape index (κ3) is 4.52. The highest BCUT2D eigenvalue weighted by atomic mass is 19.1. The van der Waals surface area contributed by atoms with Crippen LogP contribution in [0.2, 0.25) is 0 Å². The van der Waals surface area contributed by atoms with E-state index < -0.39 is 29.4 Å². The lowest BCUT2D eigenvalue weighted by Gasteiger charge is -2.24. The molecule has 2 atom stereocenters. The number of ether oxygens (including phenoxy) is 1. The van der Waals surface area contributed by atoms with Crippen molar-refractivity contribution < 1.29 is 24.1 Å². The second-order valence-electron chi connectivity index (χ2n) is 5.51. The SMILES string of the molecule is CC(C(=O)OC(C)(C)C)C(O)c1cc(O)cc(F)c1. The lowest BCUT2D eigenvalue weighted by atomic mass is 9.97. The van der Waals surface area contributed by atoms with Crippen molar-refractivity contribution in [2.24, 2.45) is 5.92 Å². The fourth-order valence-corrected chi connectivity index (χ4v) is 1.58. The second kappa shape index (κ2) is 5.57. The second-order valence-corrected chi connectivity index (χ2v) is 5.51. The number of hydrogen-bond donors (Lipinski definition) is 2. The maximum absolute atomic E-state index is 13.1. The summed E-state index contributed by atoms with van der Waals surface area (Å²) < 4.78 is 18.3. The first-order chi connectivity index (χ1) is 8.60. The van der Waals surface area contributed by atoms with Crippen molar-refractivity contribution in [3.8, 4) is 5.75 Å². The zero-order valence-corrected chi connectivity index (χ0v) is 11.5. The third-order valence-corrected chi connectivity index (χ3v) is 2.50. The Hall–Kier alpha value is -1.62. The molecule has 0 saturated carbocycles. The normalized spacial score (nSPS) is 14.8. The summed E-state index contributed by atoms with van der Waals surface area (Å²) in [4.78, 5) is 11.8. The first kappa shape index (κ1) is 15.4. The minimum atomic E-state index is -1.24. The number of rotatable bonds is 3. The molecule has 1 aromatic carbocycles. The molecule has 0 fully saturated rings. The van der Waals surface area contributed by atoms with Crippen molar-refractivity contribution in [3.05, 3.63) is 29.6 Å². The summed E-state index contributed by atoms with van der Waals surface area (Å²) in [6.07, 6.45) is -1.24. The van der Waals surface area contributed by atoms with Crippen molar-refractivity contribution in [1.29, 1.82) is 0 Å². The van der Waals surface area contributed by atoms with E-state index in [1.54, 1.807) is 20.8 Å². The Morgan fingerprint density at radius 2 is 1.89 bits per heavy atom. The molecule has 0 aliphatic carbocycles. The van der Waals surface area contributed by atoms with Gasteiger partial charge in [0.1, 0.15) is 17.2 Å². The molecule has 0 bridgehead atoms. The number of aliphatic hydroxyl groups excluding tert-OH is 1. The average molecular weight is 270 g/mol. The van der Waals surface area contributed by atoms with Crippen molar-refractivity contribution in [3.63, 3.8) is 0 Å². The van der Waals surface area contributed by atoms with Gasteiger partial charge in [-0.3, -0.25) is 4.79 Å². The highest BCUT2D eigenvalue weighted by Crippen LogP contribution is 2.27. The highest BCUT2D eigenvalue weighted by molar-refractivity contribution is 5.73. The van der Waals surface area contributed by atoms with E-state index in [0.29, 0.717) is 0 Å². The summed E-state index contributed by atoms with van der Waals surface area (Å²) in [5, 5.41) is 19.3. The Morgan fingerprint density at radius 1 is 1.32 bits per heavy atom. The van der Waals surface area contributed by atoms with E-state index in [0.717, 1.165) is 12.1 Å². The fourth-order valence-electron chi connectivity index (χ4n) is 1.58. The van der Waals surface area contributed by atoms with Gasteiger partial charge in [-0.25, -0.2) is 4.39 Å². The molecule has 4 nitrogen and oxygen atoms in total. The molecule has 2 unspecified atom stereocenters. The number of hydrogen-bond acceptors (Lipinski definition) is 4. The average Bonchev–Trinajstić information content (AvgIpc) is 2.23. The molecule has 2 N–H and O–H groups in total. The van der Waals surface area contributed by atoms with Gasteiger partial charge in [0.2, 0.25) is 0 Å². The van der Waals surface area contributed by atoms with Gasteiger partial charge in [0, 0.05) is 6.07 Å². The van der Waals surface area contributed by atoms with Crippen molar-refractivity contribution in [2.75, 3.05) is 0 Å². The number of aromatic hydroxyl groups is 1. The van der Waals surface area contributed by atoms with Crippen molar-refractivity contribution >= 4 is 5.97 Å². The predicted molar refractivity (Wildman–Crippen MR) is 68.0 cm³/mol. The van der Waals surface area contributed by atoms with Crippen LogP contribution < -0.4 is 0 Å². The van der Waals surface area contributed by atoms with E-state index in [2.05, 4.69) is 0 Å². The molecule has 0 aliphatic rings. The maximum atomic E-state index is 13.1. The van der Waals surface area contributed by atoms with Gasteiger partial charge in [-0.15, -0.1) is 0 Å². The topological polar surface area (TPSA) is 66.8 Å². The molecule has 5 heteroatoms. The quantitative estimate of drug-likeness (QED) is 0.828. The summed E-state index contributed by atoms with van der Waals surface area (Å²) in [7, 11) is 0. The maximum Gasteiger partial charge on any atom is 0.312 e. The zero-order chi connectivity index (χ0) is 14.8. The van der Waals surface area contributed by atoms with Gasteiger partial charge in [-0.05, 0) is 45.4 Å². The summed E-state index contributed by atoms with van der Waals surface area (Å²) in [6.45, 7) is 6.65. The van der Waals surface area contributed by atoms with Gasteiger partial charge in [0.25, 0.3) is 0 Å². The Bertz CT molecular complexity index is 445. The number of esters is 1. The van der Waals surface area contributed by atoms with Crippen molar-refractivity contribution in [1.82, 2.24) is 0 Å². The number of carbonyl (C=O) groups is 1. The fraction of sp³-hybridized carbons (Fsp3) is 0.500. The first-order valence-electron chi connectivity index (χ1n) is 6.00. The molecule has 1 rings (SSSR count). The van der Waals surface area contributed by atoms with Crippen LogP contribution in [0.15, 0.2) is 18.2 Å². The van der Waals surface area contributed by atoms with Crippen LogP contribution in [-0.4, -0.2) is 21.8 Å². The molecule has 0 radical (unpaired) electrons. The largest absolute Gasteiger partial charge is 0.508 e. The molecule has 19 heavy (non-hydrogen) atoms. The van der Waals surface area contributed by atoms with Crippen LogP contribution >= 0.6 is 0 Å². The van der Waals surface area contributed by atoms with E-state index in [-0.39, 0.29) is 11.3 Å². The monoisotopic (exact) mass is 270 g/mol. The first-order valence-corrected chi connectivity index (χ1v) is 6.00. The van der Waals surface area contributed by atoms with E-state index >= 15 is 0 Å². The van der Waals surface area contributed by atoms with Crippen LogP contribution in [0.5, 0.6) is 5.75 Å². The van der Waals surface area contributed by atoms with E-state index in [1.165, 1.54) is 13.0 Å². The molecule has 0 aliphatic heterocycles. The summed E-state index contributed by atoms with van der Waals surface area (Å²) in [5.41, 5.74) is -0.523. The molecule has 0 saturated heterocycles. The lowest BCUT2D eigenvalue weighted by molar-refractivity contribution is -0.163. The van der Waals surface area contributed by atoms with Gasteiger partial charge in [-0.1, -0.05) is 0 Å². The molecule has 0 heterocycles. The standard InChI is InChI=1S/C14H19FO4/c1-8(13(18)19-14(2,3)4)12(17)9-5-10(15)7-11(16)6-9/h5-8,12,16-17H,1-4H3. The number of benzene rings is 1. The van der Waals surface area contributed by atoms with Crippen LogP contribution in [0, 0.1) is 11.7 Å². The molecule has 106 valence electrons. The van der Waals surface area contributed by atoms with Gasteiger partial charge < -0.3 is 14.9 Å². The minimum absolute atomic E-state index is 0.135. The van der Waals surface area contributed by atoms with Crippen LogP contribution in [0.3, 0.4) is 0 Å². The van der Waals surface area contributed by atoms with Crippen LogP contribution in [-0.2, 0) is 9.53 Å². The molecule has 0 amide bonds. The number of phenols is 1. The molecule has 0 spiro atoms. The smallest absolute Gasteiger partial charge is 0.312 e. The number of phenolic OH excluding ortho intramolecular Hbond substituents is 1. The molecular formula is C14H19FO4. The van der Waals surface area contributed by atoms with E-state index in [9.17, 15) is 19.4 Å². The van der Waals surface area contributed by atoms with Crippen LogP contribution in [0.25, 0.3) is 0 Å². The lowest BCUT2D eigenvalue weighted by Crippen LogP contribution is -2.30. The van der Waals surface area contributed by atoms with Crippen LogP contribution in [0.1, 0.15) is 39.4 Å². The summed E-state index contributed by atoms with van der Waals surface area (Å²) in [5.74, 6) is -2.42.